The van der Waals surface area contributed by atoms with Crippen LogP contribution in [-0.4, -0.2) is 122 Å². The molecule has 8 N–H and O–H groups in total. The van der Waals surface area contributed by atoms with Crippen molar-refractivity contribution in [3.05, 3.63) is 40.6 Å². The van der Waals surface area contributed by atoms with Gasteiger partial charge in [0.15, 0.2) is 40.8 Å². The number of rotatable bonds is 8. The van der Waals surface area contributed by atoms with E-state index in [2.05, 4.69) is 0 Å². The van der Waals surface area contributed by atoms with E-state index in [1.54, 1.807) is 0 Å². The number of phenols is 3. The van der Waals surface area contributed by atoms with Crippen LogP contribution in [0.15, 0.2) is 39.5 Å². The molecule has 2 saturated heterocycles. The normalized spacial score (nSPS) is 31.0. The Hall–Kier alpha value is -4.20. The maximum atomic E-state index is 13.0. The van der Waals surface area contributed by atoms with Crippen molar-refractivity contribution < 1.29 is 78.5 Å². The Labute approximate surface area is 265 Å². The van der Waals surface area contributed by atoms with E-state index < -0.39 is 102 Å². The van der Waals surface area contributed by atoms with Gasteiger partial charge in [0, 0.05) is 24.6 Å². The molecular weight excluding hydrogens is 632 g/mol. The fourth-order valence-electron chi connectivity index (χ4n) is 5.23. The first-order valence-corrected chi connectivity index (χ1v) is 14.3. The highest BCUT2D eigenvalue weighted by Gasteiger charge is 2.51. The summed E-state index contributed by atoms with van der Waals surface area (Å²) in [6, 6.07) is 6.24. The summed E-state index contributed by atoms with van der Waals surface area (Å²) in [6.07, 6.45) is -16.5. The predicted octanol–water partition coefficient (Wildman–Crippen LogP) is -0.813. The second-order valence-electron chi connectivity index (χ2n) is 11.0. The molecule has 2 aliphatic heterocycles. The van der Waals surface area contributed by atoms with Crippen LogP contribution in [0.3, 0.4) is 0 Å². The number of aliphatic hydroxyl groups is 5. The van der Waals surface area contributed by atoms with Crippen LogP contribution < -0.4 is 14.9 Å². The number of methoxy groups -OCH3 is 1. The van der Waals surface area contributed by atoms with E-state index in [1.807, 2.05) is 0 Å². The number of ether oxygens (including phenoxy) is 6. The van der Waals surface area contributed by atoms with Gasteiger partial charge in [0.1, 0.15) is 60.0 Å². The Morgan fingerprint density at radius 1 is 0.851 bits per heavy atom. The average molecular weight is 667 g/mol. The lowest BCUT2D eigenvalue weighted by atomic mass is 9.97. The van der Waals surface area contributed by atoms with Gasteiger partial charge in [-0.2, -0.15) is 0 Å². The Morgan fingerprint density at radius 2 is 1.57 bits per heavy atom. The summed E-state index contributed by atoms with van der Waals surface area (Å²) in [5.74, 6) is -3.36. The first-order valence-electron chi connectivity index (χ1n) is 14.3. The van der Waals surface area contributed by atoms with Crippen molar-refractivity contribution in [2.24, 2.45) is 0 Å². The monoisotopic (exact) mass is 666 g/mol. The van der Waals surface area contributed by atoms with Crippen LogP contribution in [0.5, 0.6) is 28.7 Å². The van der Waals surface area contributed by atoms with Crippen molar-refractivity contribution in [2.45, 2.75) is 75.3 Å². The van der Waals surface area contributed by atoms with E-state index in [1.165, 1.54) is 32.2 Å². The van der Waals surface area contributed by atoms with Crippen molar-refractivity contribution in [3.8, 4) is 40.1 Å². The molecule has 256 valence electrons. The highest BCUT2D eigenvalue weighted by atomic mass is 16.8. The molecule has 4 unspecified atom stereocenters. The zero-order chi connectivity index (χ0) is 34.3. The number of esters is 1. The fourth-order valence-corrected chi connectivity index (χ4v) is 5.23. The molecule has 17 heteroatoms. The van der Waals surface area contributed by atoms with Crippen LogP contribution in [0.4, 0.5) is 0 Å². The van der Waals surface area contributed by atoms with Gasteiger partial charge < -0.3 is 73.7 Å². The lowest BCUT2D eigenvalue weighted by Gasteiger charge is -2.45. The van der Waals surface area contributed by atoms with Gasteiger partial charge in [-0.1, -0.05) is 0 Å². The molecule has 0 saturated carbocycles. The van der Waals surface area contributed by atoms with Gasteiger partial charge in [-0.3, -0.25) is 9.59 Å². The molecule has 47 heavy (non-hydrogen) atoms. The summed E-state index contributed by atoms with van der Waals surface area (Å²) < 4.78 is 38.4. The largest absolute Gasteiger partial charge is 0.504 e. The van der Waals surface area contributed by atoms with Gasteiger partial charge in [-0.05, 0) is 25.1 Å². The maximum absolute atomic E-state index is 13.0. The third-order valence-corrected chi connectivity index (χ3v) is 7.83. The molecule has 2 aliphatic rings. The van der Waals surface area contributed by atoms with Gasteiger partial charge >= 0.3 is 5.97 Å². The molecule has 0 aliphatic carbocycles. The summed E-state index contributed by atoms with van der Waals surface area (Å²) in [7, 11) is 1.35. The lowest BCUT2D eigenvalue weighted by Crippen LogP contribution is -2.64. The van der Waals surface area contributed by atoms with E-state index >= 15 is 0 Å². The molecular formula is C30H34O17. The number of hydrogen-bond acceptors (Lipinski definition) is 17. The van der Waals surface area contributed by atoms with E-state index in [-0.39, 0.29) is 28.4 Å². The number of aliphatic hydroxyl groups excluding tert-OH is 5. The minimum atomic E-state index is -1.90. The van der Waals surface area contributed by atoms with E-state index in [0.717, 1.165) is 19.1 Å². The molecule has 1 aromatic heterocycles. The minimum absolute atomic E-state index is 0.0510. The maximum Gasteiger partial charge on any atom is 0.302 e. The van der Waals surface area contributed by atoms with Crippen LogP contribution >= 0.6 is 0 Å². The number of carbonyl (C=O) groups excluding carboxylic acids is 1. The number of aromatic hydroxyl groups is 3. The molecule has 0 bridgehead atoms. The van der Waals surface area contributed by atoms with Crippen LogP contribution in [0.2, 0.25) is 0 Å². The molecule has 17 nitrogen and oxygen atoms in total. The zero-order valence-electron chi connectivity index (χ0n) is 25.1. The molecule has 0 spiro atoms. The Bertz CT molecular complexity index is 1670. The molecule has 10 atom stereocenters. The van der Waals surface area contributed by atoms with Crippen LogP contribution in [0.1, 0.15) is 13.8 Å². The summed E-state index contributed by atoms with van der Waals surface area (Å²) in [5.41, 5.74) is -0.820. The van der Waals surface area contributed by atoms with E-state index in [0.29, 0.717) is 0 Å². The Balaban J connectivity index is 1.53. The standard InChI is InChI=1S/C30H34O17/c1-10-21(34)25(38)27(40)29(43-10)47-28-26(39)23(36)19(9-42-11(2)31)46-30(28)45-18-8-17-20(24(37)22(18)35)14(33)7-16(44-17)12-4-5-15(41-3)13(32)6-12/h4-8,10,19,21,23,25-30,32,34-40H,9H2,1-3H3/t10?,19?,21-,23+,25?,26-,27-,28?,29-,30+/m0/s1. The number of carbonyl (C=O) groups is 1. The first kappa shape index (κ1) is 34.1. The fraction of sp³-hybridized carbons (Fsp3) is 0.467. The quantitative estimate of drug-likeness (QED) is 0.108. The van der Waals surface area contributed by atoms with Crippen molar-refractivity contribution in [3.63, 3.8) is 0 Å². The Morgan fingerprint density at radius 3 is 2.23 bits per heavy atom. The highest BCUT2D eigenvalue weighted by molar-refractivity contribution is 5.89. The summed E-state index contributed by atoms with van der Waals surface area (Å²) >= 11 is 0. The van der Waals surface area contributed by atoms with E-state index in [4.69, 9.17) is 32.8 Å². The van der Waals surface area contributed by atoms with Crippen LogP contribution in [-0.2, 0) is 23.7 Å². The van der Waals surface area contributed by atoms with Gasteiger partial charge in [0.2, 0.25) is 12.0 Å². The van der Waals surface area contributed by atoms with Crippen LogP contribution in [0, 0.1) is 0 Å². The first-order chi connectivity index (χ1) is 22.2. The number of phenolic OH excluding ortho intramolecular Hbond substituents is 3. The highest BCUT2D eigenvalue weighted by Crippen LogP contribution is 2.43. The van der Waals surface area contributed by atoms with Crippen LogP contribution in [0.25, 0.3) is 22.3 Å². The van der Waals surface area contributed by atoms with E-state index in [9.17, 15) is 50.4 Å². The number of hydrogen-bond donors (Lipinski definition) is 8. The van der Waals surface area contributed by atoms with Gasteiger partial charge in [0.25, 0.3) is 0 Å². The molecule has 0 amide bonds. The third kappa shape index (κ3) is 6.65. The van der Waals surface area contributed by atoms with Gasteiger partial charge in [0.05, 0.1) is 13.2 Å². The molecule has 0 radical (unpaired) electrons. The SMILES string of the molecule is COc1ccc(-c2cc(=O)c3c(O)c(O)c(O[C@@H]4OC(COC(C)=O)[C@@H](O)[C@H](O)C4O[C@@H]4OC(C)[C@H](O)C(O)[C@@H]4O)cc3o2)cc1O. The second-order valence-corrected chi connectivity index (χ2v) is 11.0. The topological polar surface area (TPSA) is 264 Å². The average Bonchev–Trinajstić information content (AvgIpc) is 3.03. The number of benzene rings is 2. The molecule has 3 aromatic rings. The molecule has 5 rings (SSSR count). The minimum Gasteiger partial charge on any atom is -0.504 e. The third-order valence-electron chi connectivity index (χ3n) is 7.83. The molecule has 2 fully saturated rings. The van der Waals surface area contributed by atoms with Gasteiger partial charge in [-0.25, -0.2) is 0 Å². The zero-order valence-corrected chi connectivity index (χ0v) is 25.1. The Kier molecular flexibility index (Phi) is 9.81. The van der Waals surface area contributed by atoms with Crippen molar-refractivity contribution in [1.82, 2.24) is 0 Å². The van der Waals surface area contributed by atoms with Gasteiger partial charge in [-0.15, -0.1) is 0 Å². The second kappa shape index (κ2) is 13.5. The molecule has 2 aromatic carbocycles. The summed E-state index contributed by atoms with van der Waals surface area (Å²) in [5, 5.41) is 84.0. The van der Waals surface area contributed by atoms with Crippen molar-refractivity contribution >= 4 is 16.9 Å². The smallest absolute Gasteiger partial charge is 0.302 e. The number of fused-ring (bicyclic) bond motifs is 1. The van der Waals surface area contributed by atoms with Crippen molar-refractivity contribution in [1.29, 1.82) is 0 Å². The predicted molar refractivity (Wildman–Crippen MR) is 155 cm³/mol. The summed E-state index contributed by atoms with van der Waals surface area (Å²) in [4.78, 5) is 24.4. The molecule has 3 heterocycles. The lowest BCUT2D eigenvalue weighted by molar-refractivity contribution is -0.354. The summed E-state index contributed by atoms with van der Waals surface area (Å²) in [6.45, 7) is 1.92. The van der Waals surface area contributed by atoms with Crippen molar-refractivity contribution in [2.75, 3.05) is 13.7 Å².